The molecule has 0 aliphatic heterocycles. The van der Waals surface area contributed by atoms with Gasteiger partial charge in [0.25, 0.3) is 0 Å². The highest BCUT2D eigenvalue weighted by Gasteiger charge is 2.08. The number of allylic oxidation sites excluding steroid dienone is 4. The first kappa shape index (κ1) is 11.7. The lowest BCUT2D eigenvalue weighted by atomic mass is 10.1. The van der Waals surface area contributed by atoms with Crippen LogP contribution in [0.25, 0.3) is 0 Å². The van der Waals surface area contributed by atoms with Gasteiger partial charge in [-0.05, 0) is 26.8 Å². The number of Topliss-reactive ketones (excluding diaryl/α,β-unsaturated/α-hetero) is 1. The molecule has 0 aliphatic carbocycles. The lowest BCUT2D eigenvalue weighted by Gasteiger charge is -2.08. The van der Waals surface area contributed by atoms with Crippen LogP contribution < -0.4 is 0 Å². The van der Waals surface area contributed by atoms with E-state index in [0.717, 1.165) is 0 Å². The van der Waals surface area contributed by atoms with Crippen LogP contribution in [-0.2, 0) is 9.53 Å². The molecule has 0 N–H and O–H groups in total. The Morgan fingerprint density at radius 2 is 2.15 bits per heavy atom. The molecule has 0 atom stereocenters. The fraction of sp³-hybridized carbons (Fsp3) is 0.364. The van der Waals surface area contributed by atoms with Gasteiger partial charge in [0.15, 0.2) is 5.78 Å². The van der Waals surface area contributed by atoms with Crippen LogP contribution in [0.15, 0.2) is 36.1 Å². The van der Waals surface area contributed by atoms with Gasteiger partial charge in [-0.25, -0.2) is 0 Å². The Bertz CT molecular complexity index is 247. The van der Waals surface area contributed by atoms with Gasteiger partial charge in [0.05, 0.1) is 12.2 Å². The van der Waals surface area contributed by atoms with Gasteiger partial charge in [0.2, 0.25) is 0 Å². The molecule has 0 saturated carbocycles. The average Bonchev–Trinajstić information content (AvgIpc) is 2.05. The van der Waals surface area contributed by atoms with Gasteiger partial charge in [0, 0.05) is 0 Å². The quantitative estimate of drug-likeness (QED) is 0.369. The number of hydrogen-bond donors (Lipinski definition) is 0. The van der Waals surface area contributed by atoms with Crippen molar-refractivity contribution in [3.63, 3.8) is 0 Å². The Kier molecular flexibility index (Phi) is 5.60. The average molecular weight is 180 g/mol. The van der Waals surface area contributed by atoms with Crippen molar-refractivity contribution in [1.29, 1.82) is 0 Å². The van der Waals surface area contributed by atoms with Crippen molar-refractivity contribution in [2.24, 2.45) is 0 Å². The smallest absolute Gasteiger partial charge is 0.163 e. The van der Waals surface area contributed by atoms with Gasteiger partial charge in [0.1, 0.15) is 5.76 Å². The zero-order valence-electron chi connectivity index (χ0n) is 8.46. The SMILES string of the molecule is C=C/C=C(OCC)\C(=C/C)C(C)=O. The van der Waals surface area contributed by atoms with Gasteiger partial charge in [-0.3, -0.25) is 4.79 Å². The first-order valence-electron chi connectivity index (χ1n) is 4.30. The first-order valence-corrected chi connectivity index (χ1v) is 4.30. The molecule has 0 heterocycles. The van der Waals surface area contributed by atoms with E-state index in [2.05, 4.69) is 6.58 Å². The Labute approximate surface area is 79.6 Å². The molecule has 0 fully saturated rings. The highest BCUT2D eigenvalue weighted by atomic mass is 16.5. The second-order valence-corrected chi connectivity index (χ2v) is 2.46. The Balaban J connectivity index is 4.81. The van der Waals surface area contributed by atoms with Crippen LogP contribution in [0.1, 0.15) is 20.8 Å². The molecular weight excluding hydrogens is 164 g/mol. The molecule has 13 heavy (non-hydrogen) atoms. The van der Waals surface area contributed by atoms with Gasteiger partial charge in [-0.2, -0.15) is 0 Å². The van der Waals surface area contributed by atoms with E-state index in [1.807, 2.05) is 13.8 Å². The van der Waals surface area contributed by atoms with E-state index in [0.29, 0.717) is 17.9 Å². The van der Waals surface area contributed by atoms with E-state index in [1.165, 1.54) is 6.92 Å². The second kappa shape index (κ2) is 6.23. The lowest BCUT2D eigenvalue weighted by molar-refractivity contribution is -0.113. The molecule has 0 unspecified atom stereocenters. The van der Waals surface area contributed by atoms with Gasteiger partial charge in [-0.1, -0.05) is 18.7 Å². The second-order valence-electron chi connectivity index (χ2n) is 2.46. The number of ketones is 1. The van der Waals surface area contributed by atoms with E-state index in [9.17, 15) is 4.79 Å². The van der Waals surface area contributed by atoms with Crippen LogP contribution in [-0.4, -0.2) is 12.4 Å². The topological polar surface area (TPSA) is 26.3 Å². The van der Waals surface area contributed by atoms with Crippen molar-refractivity contribution in [1.82, 2.24) is 0 Å². The molecule has 72 valence electrons. The van der Waals surface area contributed by atoms with E-state index in [-0.39, 0.29) is 5.78 Å². The van der Waals surface area contributed by atoms with Crippen LogP contribution in [0.3, 0.4) is 0 Å². The molecule has 0 radical (unpaired) electrons. The summed E-state index contributed by atoms with van der Waals surface area (Å²) in [6, 6.07) is 0. The van der Waals surface area contributed by atoms with Crippen LogP contribution >= 0.6 is 0 Å². The number of ether oxygens (including phenoxy) is 1. The zero-order valence-corrected chi connectivity index (χ0v) is 8.46. The summed E-state index contributed by atoms with van der Waals surface area (Å²) < 4.78 is 5.30. The number of rotatable bonds is 5. The van der Waals surface area contributed by atoms with E-state index in [4.69, 9.17) is 4.74 Å². The molecule has 0 rings (SSSR count). The first-order chi connectivity index (χ1) is 6.17. The van der Waals surface area contributed by atoms with Crippen LogP contribution in [0.2, 0.25) is 0 Å². The van der Waals surface area contributed by atoms with Gasteiger partial charge >= 0.3 is 0 Å². The molecule has 0 saturated heterocycles. The molecule has 0 aromatic rings. The maximum absolute atomic E-state index is 11.1. The molecule has 0 aromatic heterocycles. The van der Waals surface area contributed by atoms with Gasteiger partial charge < -0.3 is 4.74 Å². The number of carbonyl (C=O) groups excluding carboxylic acids is 1. The molecule has 0 spiro atoms. The van der Waals surface area contributed by atoms with Crippen LogP contribution in [0.5, 0.6) is 0 Å². The van der Waals surface area contributed by atoms with E-state index < -0.39 is 0 Å². The fourth-order valence-corrected chi connectivity index (χ4v) is 0.997. The normalized spacial score (nSPS) is 12.5. The minimum Gasteiger partial charge on any atom is -0.493 e. The zero-order chi connectivity index (χ0) is 10.3. The molecule has 2 nitrogen and oxygen atoms in total. The lowest BCUT2D eigenvalue weighted by Crippen LogP contribution is -2.03. The van der Waals surface area contributed by atoms with Gasteiger partial charge in [-0.15, -0.1) is 0 Å². The highest BCUT2D eigenvalue weighted by molar-refractivity contribution is 5.97. The molecule has 2 heteroatoms. The monoisotopic (exact) mass is 180 g/mol. The summed E-state index contributed by atoms with van der Waals surface area (Å²) in [5, 5.41) is 0. The maximum atomic E-state index is 11.1. The van der Waals surface area contributed by atoms with Crippen LogP contribution in [0.4, 0.5) is 0 Å². The van der Waals surface area contributed by atoms with Crippen molar-refractivity contribution in [3.05, 3.63) is 36.1 Å². The molecule has 0 amide bonds. The minimum atomic E-state index is 0.00375. The van der Waals surface area contributed by atoms with Crippen molar-refractivity contribution < 1.29 is 9.53 Å². The molecule has 0 aromatic carbocycles. The van der Waals surface area contributed by atoms with Crippen molar-refractivity contribution >= 4 is 5.78 Å². The third-order valence-electron chi connectivity index (χ3n) is 1.50. The molecule has 0 aliphatic rings. The van der Waals surface area contributed by atoms with Crippen molar-refractivity contribution in [2.75, 3.05) is 6.61 Å². The number of carbonyl (C=O) groups is 1. The largest absolute Gasteiger partial charge is 0.493 e. The standard InChI is InChI=1S/C11H16O2/c1-5-8-11(13-7-3)10(6-2)9(4)12/h5-6,8H,1,7H2,2-4H3/b10-6-,11-8+. The minimum absolute atomic E-state index is 0.00375. The van der Waals surface area contributed by atoms with Crippen molar-refractivity contribution in [3.8, 4) is 0 Å². The highest BCUT2D eigenvalue weighted by Crippen LogP contribution is 2.12. The molecular formula is C11H16O2. The predicted molar refractivity (Wildman–Crippen MR) is 54.3 cm³/mol. The summed E-state index contributed by atoms with van der Waals surface area (Å²) in [6.45, 7) is 9.32. The van der Waals surface area contributed by atoms with E-state index >= 15 is 0 Å². The Morgan fingerprint density at radius 3 is 2.46 bits per heavy atom. The summed E-state index contributed by atoms with van der Waals surface area (Å²) >= 11 is 0. The Morgan fingerprint density at radius 1 is 1.54 bits per heavy atom. The summed E-state index contributed by atoms with van der Waals surface area (Å²) in [6.07, 6.45) is 5.05. The fourth-order valence-electron chi connectivity index (χ4n) is 0.997. The Hall–Kier alpha value is -1.31. The summed E-state index contributed by atoms with van der Waals surface area (Å²) in [5.41, 5.74) is 0.599. The third-order valence-corrected chi connectivity index (χ3v) is 1.50. The predicted octanol–water partition coefficient (Wildman–Crippen LogP) is 2.63. The maximum Gasteiger partial charge on any atom is 0.163 e. The summed E-state index contributed by atoms with van der Waals surface area (Å²) in [5.74, 6) is 0.594. The van der Waals surface area contributed by atoms with Crippen molar-refractivity contribution in [2.45, 2.75) is 20.8 Å². The summed E-state index contributed by atoms with van der Waals surface area (Å²) in [4.78, 5) is 11.1. The third kappa shape index (κ3) is 3.74. The van der Waals surface area contributed by atoms with Crippen LogP contribution in [0, 0.1) is 0 Å². The summed E-state index contributed by atoms with van der Waals surface area (Å²) in [7, 11) is 0. The molecule has 0 bridgehead atoms. The van der Waals surface area contributed by atoms with E-state index in [1.54, 1.807) is 18.2 Å². The number of hydrogen-bond acceptors (Lipinski definition) is 2.